The molecule has 0 saturated carbocycles. The standard InChI is InChI=1S/C21H32N4O2/c1-2-3-9-19(24-20(26)16-10-11-22-15-16)21(27)23-17-7-6-8-18(14-17)25-12-4-5-13-25/h6-8,14,16,19,22H,2-5,9-13,15H2,1H3,(H,23,27)(H,24,26). The van der Waals surface area contributed by atoms with Crippen LogP contribution in [0.25, 0.3) is 0 Å². The van der Waals surface area contributed by atoms with Gasteiger partial charge in [0.1, 0.15) is 6.04 Å². The van der Waals surface area contributed by atoms with Crippen molar-refractivity contribution in [3.8, 4) is 0 Å². The van der Waals surface area contributed by atoms with Gasteiger partial charge in [0.25, 0.3) is 0 Å². The largest absolute Gasteiger partial charge is 0.371 e. The first-order valence-electron chi connectivity index (χ1n) is 10.3. The smallest absolute Gasteiger partial charge is 0.246 e. The summed E-state index contributed by atoms with van der Waals surface area (Å²) in [5, 5.41) is 9.20. The number of amides is 2. The molecule has 3 N–H and O–H groups in total. The van der Waals surface area contributed by atoms with Crippen LogP contribution in [0.15, 0.2) is 24.3 Å². The van der Waals surface area contributed by atoms with Gasteiger partial charge < -0.3 is 20.9 Å². The van der Waals surface area contributed by atoms with Crippen LogP contribution in [0.4, 0.5) is 11.4 Å². The van der Waals surface area contributed by atoms with Gasteiger partial charge in [-0.1, -0.05) is 25.8 Å². The van der Waals surface area contributed by atoms with Gasteiger partial charge in [-0.25, -0.2) is 0 Å². The number of carbonyl (C=O) groups is 2. The summed E-state index contributed by atoms with van der Waals surface area (Å²) in [6, 6.07) is 7.53. The second kappa shape index (κ2) is 9.74. The van der Waals surface area contributed by atoms with Crippen molar-refractivity contribution in [1.82, 2.24) is 10.6 Å². The van der Waals surface area contributed by atoms with Crippen LogP contribution < -0.4 is 20.9 Å². The van der Waals surface area contributed by atoms with Gasteiger partial charge in [-0.3, -0.25) is 9.59 Å². The first kappa shape index (κ1) is 19.7. The summed E-state index contributed by atoms with van der Waals surface area (Å²) in [5.74, 6) is -0.163. The molecule has 1 aromatic rings. The van der Waals surface area contributed by atoms with E-state index in [-0.39, 0.29) is 17.7 Å². The molecule has 2 heterocycles. The van der Waals surface area contributed by atoms with Crippen LogP contribution in [0.1, 0.15) is 45.4 Å². The molecule has 0 spiro atoms. The van der Waals surface area contributed by atoms with Crippen molar-refractivity contribution in [2.24, 2.45) is 5.92 Å². The van der Waals surface area contributed by atoms with Crippen LogP contribution in [0, 0.1) is 5.92 Å². The molecule has 0 aliphatic carbocycles. The highest BCUT2D eigenvalue weighted by Crippen LogP contribution is 2.23. The Morgan fingerprint density at radius 1 is 1.30 bits per heavy atom. The first-order chi connectivity index (χ1) is 13.2. The summed E-state index contributed by atoms with van der Waals surface area (Å²) in [6.07, 6.45) is 5.85. The van der Waals surface area contributed by atoms with Crippen molar-refractivity contribution in [3.05, 3.63) is 24.3 Å². The predicted octanol–water partition coefficient (Wildman–Crippen LogP) is 2.51. The second-order valence-corrected chi connectivity index (χ2v) is 7.63. The lowest BCUT2D eigenvalue weighted by Crippen LogP contribution is -2.46. The zero-order valence-electron chi connectivity index (χ0n) is 16.3. The fourth-order valence-electron chi connectivity index (χ4n) is 3.83. The minimum absolute atomic E-state index is 0.0120. The lowest BCUT2D eigenvalue weighted by molar-refractivity contribution is -0.129. The molecule has 2 aliphatic rings. The van der Waals surface area contributed by atoms with Crippen molar-refractivity contribution in [3.63, 3.8) is 0 Å². The summed E-state index contributed by atoms with van der Waals surface area (Å²) >= 11 is 0. The Morgan fingerprint density at radius 3 is 2.81 bits per heavy atom. The molecule has 2 aliphatic heterocycles. The van der Waals surface area contributed by atoms with E-state index >= 15 is 0 Å². The molecule has 0 radical (unpaired) electrons. The van der Waals surface area contributed by atoms with Gasteiger partial charge in [0.2, 0.25) is 11.8 Å². The first-order valence-corrected chi connectivity index (χ1v) is 10.3. The molecule has 6 heteroatoms. The zero-order valence-corrected chi connectivity index (χ0v) is 16.3. The van der Waals surface area contributed by atoms with Crippen LogP contribution in [-0.2, 0) is 9.59 Å². The van der Waals surface area contributed by atoms with E-state index in [1.54, 1.807) is 0 Å². The van der Waals surface area contributed by atoms with Gasteiger partial charge in [0, 0.05) is 31.0 Å². The van der Waals surface area contributed by atoms with Crippen LogP contribution >= 0.6 is 0 Å². The summed E-state index contributed by atoms with van der Waals surface area (Å²) in [5.41, 5.74) is 1.94. The average Bonchev–Trinajstić information content (AvgIpc) is 3.39. The fourth-order valence-corrected chi connectivity index (χ4v) is 3.83. The highest BCUT2D eigenvalue weighted by molar-refractivity contribution is 5.97. The molecule has 2 unspecified atom stereocenters. The van der Waals surface area contributed by atoms with Gasteiger partial charge in [0.15, 0.2) is 0 Å². The summed E-state index contributed by atoms with van der Waals surface area (Å²) in [6.45, 7) is 5.81. The third-order valence-electron chi connectivity index (χ3n) is 5.50. The minimum atomic E-state index is -0.478. The van der Waals surface area contributed by atoms with Gasteiger partial charge in [-0.15, -0.1) is 0 Å². The molecular formula is C21H32N4O2. The highest BCUT2D eigenvalue weighted by Gasteiger charge is 2.27. The number of nitrogens with zero attached hydrogens (tertiary/aromatic N) is 1. The molecule has 2 fully saturated rings. The van der Waals surface area contributed by atoms with Crippen molar-refractivity contribution in [2.75, 3.05) is 36.4 Å². The number of rotatable bonds is 8. The zero-order chi connectivity index (χ0) is 19.1. The fraction of sp³-hybridized carbons (Fsp3) is 0.619. The van der Waals surface area contributed by atoms with Gasteiger partial charge in [-0.05, 0) is 50.4 Å². The number of benzene rings is 1. The topological polar surface area (TPSA) is 73.5 Å². The van der Waals surface area contributed by atoms with E-state index in [0.29, 0.717) is 13.0 Å². The number of carbonyl (C=O) groups excluding carboxylic acids is 2. The molecule has 2 saturated heterocycles. The van der Waals surface area contributed by atoms with E-state index in [4.69, 9.17) is 0 Å². The molecular weight excluding hydrogens is 340 g/mol. The average molecular weight is 373 g/mol. The lowest BCUT2D eigenvalue weighted by Gasteiger charge is -2.21. The summed E-state index contributed by atoms with van der Waals surface area (Å²) < 4.78 is 0. The lowest BCUT2D eigenvalue weighted by atomic mass is 10.0. The van der Waals surface area contributed by atoms with E-state index in [1.165, 1.54) is 12.8 Å². The van der Waals surface area contributed by atoms with E-state index in [2.05, 4.69) is 33.8 Å². The number of anilines is 2. The Labute approximate surface area is 162 Å². The van der Waals surface area contributed by atoms with E-state index in [9.17, 15) is 9.59 Å². The Morgan fingerprint density at radius 2 is 2.11 bits per heavy atom. The molecule has 27 heavy (non-hydrogen) atoms. The monoisotopic (exact) mass is 372 g/mol. The van der Waals surface area contributed by atoms with Crippen LogP contribution in [0.2, 0.25) is 0 Å². The Balaban J connectivity index is 1.62. The third-order valence-corrected chi connectivity index (χ3v) is 5.50. The molecule has 3 rings (SSSR count). The van der Waals surface area contributed by atoms with E-state index in [0.717, 1.165) is 50.3 Å². The van der Waals surface area contributed by atoms with Crippen molar-refractivity contribution in [1.29, 1.82) is 0 Å². The van der Waals surface area contributed by atoms with E-state index < -0.39 is 6.04 Å². The van der Waals surface area contributed by atoms with Crippen molar-refractivity contribution < 1.29 is 9.59 Å². The number of nitrogens with one attached hydrogen (secondary N) is 3. The van der Waals surface area contributed by atoms with Gasteiger partial charge in [-0.2, -0.15) is 0 Å². The minimum Gasteiger partial charge on any atom is -0.371 e. The SMILES string of the molecule is CCCCC(NC(=O)C1CCNC1)C(=O)Nc1cccc(N2CCCC2)c1. The van der Waals surface area contributed by atoms with Gasteiger partial charge in [0.05, 0.1) is 5.92 Å². The third kappa shape index (κ3) is 5.45. The van der Waals surface area contributed by atoms with Gasteiger partial charge >= 0.3 is 0 Å². The molecule has 2 atom stereocenters. The number of hydrogen-bond acceptors (Lipinski definition) is 4. The number of unbranched alkanes of at least 4 members (excludes halogenated alkanes) is 1. The van der Waals surface area contributed by atoms with Crippen LogP contribution in [0.3, 0.4) is 0 Å². The highest BCUT2D eigenvalue weighted by atomic mass is 16.2. The maximum absolute atomic E-state index is 12.8. The summed E-state index contributed by atoms with van der Waals surface area (Å²) in [4.78, 5) is 27.7. The number of hydrogen-bond donors (Lipinski definition) is 3. The normalized spacial score (nSPS) is 20.5. The van der Waals surface area contributed by atoms with Crippen LogP contribution in [0.5, 0.6) is 0 Å². The van der Waals surface area contributed by atoms with Crippen molar-refractivity contribution >= 4 is 23.2 Å². The Bertz CT molecular complexity index is 637. The quantitative estimate of drug-likeness (QED) is 0.656. The maximum atomic E-state index is 12.8. The molecule has 0 aromatic heterocycles. The predicted molar refractivity (Wildman–Crippen MR) is 109 cm³/mol. The molecule has 0 bridgehead atoms. The molecule has 6 nitrogen and oxygen atoms in total. The second-order valence-electron chi connectivity index (χ2n) is 7.63. The van der Waals surface area contributed by atoms with Crippen molar-refractivity contribution in [2.45, 2.75) is 51.5 Å². The molecule has 1 aromatic carbocycles. The van der Waals surface area contributed by atoms with Crippen LogP contribution in [-0.4, -0.2) is 44.0 Å². The maximum Gasteiger partial charge on any atom is 0.246 e. The molecule has 2 amide bonds. The molecule has 148 valence electrons. The summed E-state index contributed by atoms with van der Waals surface area (Å²) in [7, 11) is 0. The Hall–Kier alpha value is -2.08. The van der Waals surface area contributed by atoms with E-state index in [1.807, 2.05) is 18.2 Å². The Kier molecular flexibility index (Phi) is 7.10.